The minimum Gasteiger partial charge on any atom is -0.497 e. The van der Waals surface area contributed by atoms with E-state index >= 15 is 0 Å². The van der Waals surface area contributed by atoms with Crippen LogP contribution in [0.25, 0.3) is 0 Å². The van der Waals surface area contributed by atoms with Gasteiger partial charge in [0.25, 0.3) is 0 Å². The second kappa shape index (κ2) is 5.78. The molecule has 1 heterocycles. The molecule has 96 valence electrons. The van der Waals surface area contributed by atoms with Crippen LogP contribution in [0.1, 0.15) is 11.3 Å². The van der Waals surface area contributed by atoms with Gasteiger partial charge in [-0.3, -0.25) is 0 Å². The van der Waals surface area contributed by atoms with E-state index in [1.807, 2.05) is 31.2 Å². The summed E-state index contributed by atoms with van der Waals surface area (Å²) in [5, 5.41) is 7.13. The molecule has 1 aromatic carbocycles. The highest BCUT2D eigenvalue weighted by Crippen LogP contribution is 2.25. The molecule has 0 unspecified atom stereocenters. The van der Waals surface area contributed by atoms with Crippen LogP contribution in [0, 0.1) is 6.92 Å². The maximum atomic E-state index is 5.77. The first-order chi connectivity index (χ1) is 8.74. The molecule has 0 aliphatic rings. The van der Waals surface area contributed by atoms with E-state index in [-0.39, 0.29) is 0 Å². The predicted octanol–water partition coefficient (Wildman–Crippen LogP) is 3.52. The summed E-state index contributed by atoms with van der Waals surface area (Å²) in [6, 6.07) is 7.60. The molecule has 0 radical (unpaired) electrons. The summed E-state index contributed by atoms with van der Waals surface area (Å²) < 4.78 is 10.4. The van der Waals surface area contributed by atoms with Crippen LogP contribution in [-0.2, 0) is 6.42 Å². The smallest absolute Gasteiger partial charge is 0.232 e. The number of aromatic nitrogens is 1. The molecule has 0 aliphatic heterocycles. The van der Waals surface area contributed by atoms with Gasteiger partial charge in [0.05, 0.1) is 12.8 Å². The summed E-state index contributed by atoms with van der Waals surface area (Å²) in [7, 11) is 1.64. The summed E-state index contributed by atoms with van der Waals surface area (Å²) in [6.07, 6.45) is 0.732. The zero-order valence-corrected chi connectivity index (χ0v) is 11.1. The SMILES string of the molecule is COc1ccc(Nc2onc(C)c2CCCl)cc1. The highest BCUT2D eigenvalue weighted by molar-refractivity contribution is 6.18. The summed E-state index contributed by atoms with van der Waals surface area (Å²) in [5.74, 6) is 2.01. The van der Waals surface area contributed by atoms with Crippen molar-refractivity contribution < 1.29 is 9.26 Å². The van der Waals surface area contributed by atoms with Gasteiger partial charge < -0.3 is 14.6 Å². The van der Waals surface area contributed by atoms with Crippen molar-refractivity contribution in [3.05, 3.63) is 35.5 Å². The molecule has 4 nitrogen and oxygen atoms in total. The van der Waals surface area contributed by atoms with Gasteiger partial charge in [-0.05, 0) is 37.6 Å². The molecule has 0 aliphatic carbocycles. The Morgan fingerprint density at radius 1 is 1.33 bits per heavy atom. The number of nitrogens with zero attached hydrogens (tertiary/aromatic N) is 1. The highest BCUT2D eigenvalue weighted by Gasteiger charge is 2.12. The molecule has 1 N–H and O–H groups in total. The quantitative estimate of drug-likeness (QED) is 0.841. The Hall–Kier alpha value is -1.68. The zero-order valence-electron chi connectivity index (χ0n) is 10.4. The van der Waals surface area contributed by atoms with E-state index in [0.717, 1.165) is 29.1 Å². The molecule has 18 heavy (non-hydrogen) atoms. The fraction of sp³-hybridized carbons (Fsp3) is 0.308. The van der Waals surface area contributed by atoms with Crippen molar-refractivity contribution in [3.63, 3.8) is 0 Å². The standard InChI is InChI=1S/C13H15ClN2O2/c1-9-12(7-8-14)13(18-16-9)15-10-3-5-11(17-2)6-4-10/h3-6,15H,7-8H2,1-2H3. The van der Waals surface area contributed by atoms with Crippen molar-refractivity contribution >= 4 is 23.2 Å². The second-order valence-corrected chi connectivity index (χ2v) is 4.25. The molecule has 2 aromatic rings. The van der Waals surface area contributed by atoms with Crippen LogP contribution in [0.4, 0.5) is 11.6 Å². The molecule has 0 atom stereocenters. The lowest BCUT2D eigenvalue weighted by molar-refractivity contribution is 0.415. The zero-order chi connectivity index (χ0) is 13.0. The van der Waals surface area contributed by atoms with Crippen LogP contribution < -0.4 is 10.1 Å². The molecular weight excluding hydrogens is 252 g/mol. The Morgan fingerprint density at radius 2 is 2.06 bits per heavy atom. The van der Waals surface area contributed by atoms with Crippen molar-refractivity contribution in [1.29, 1.82) is 0 Å². The minimum absolute atomic E-state index is 0.541. The van der Waals surface area contributed by atoms with Crippen LogP contribution in [0.3, 0.4) is 0 Å². The molecular formula is C13H15ClN2O2. The fourth-order valence-corrected chi connectivity index (χ4v) is 1.87. The monoisotopic (exact) mass is 266 g/mol. The molecule has 0 saturated heterocycles. The van der Waals surface area contributed by atoms with Gasteiger partial charge in [0.1, 0.15) is 5.75 Å². The van der Waals surface area contributed by atoms with E-state index in [1.54, 1.807) is 7.11 Å². The van der Waals surface area contributed by atoms with Crippen LogP contribution in [0.2, 0.25) is 0 Å². The Morgan fingerprint density at radius 3 is 2.67 bits per heavy atom. The van der Waals surface area contributed by atoms with E-state index in [0.29, 0.717) is 11.8 Å². The number of halogens is 1. The van der Waals surface area contributed by atoms with Crippen LogP contribution in [-0.4, -0.2) is 18.1 Å². The number of benzene rings is 1. The third-order valence-electron chi connectivity index (χ3n) is 2.68. The van der Waals surface area contributed by atoms with Crippen LogP contribution >= 0.6 is 11.6 Å². The van der Waals surface area contributed by atoms with Crippen LogP contribution in [0.5, 0.6) is 5.75 Å². The lowest BCUT2D eigenvalue weighted by atomic mass is 10.2. The Labute approximate surface area is 111 Å². The van der Waals surface area contributed by atoms with E-state index in [2.05, 4.69) is 10.5 Å². The number of nitrogens with one attached hydrogen (secondary N) is 1. The van der Waals surface area contributed by atoms with E-state index in [1.165, 1.54) is 0 Å². The molecule has 0 amide bonds. The second-order valence-electron chi connectivity index (χ2n) is 3.87. The van der Waals surface area contributed by atoms with Crippen molar-refractivity contribution in [3.8, 4) is 5.75 Å². The van der Waals surface area contributed by atoms with Gasteiger partial charge in [-0.15, -0.1) is 11.6 Å². The molecule has 0 spiro atoms. The van der Waals surface area contributed by atoms with Gasteiger partial charge in [-0.1, -0.05) is 5.16 Å². The van der Waals surface area contributed by atoms with Gasteiger partial charge in [-0.2, -0.15) is 0 Å². The van der Waals surface area contributed by atoms with E-state index < -0.39 is 0 Å². The number of alkyl halides is 1. The van der Waals surface area contributed by atoms with E-state index in [4.69, 9.17) is 20.9 Å². The Kier molecular flexibility index (Phi) is 4.10. The average Bonchev–Trinajstić information content (AvgIpc) is 2.73. The topological polar surface area (TPSA) is 47.3 Å². The van der Waals surface area contributed by atoms with Crippen molar-refractivity contribution in [2.75, 3.05) is 18.3 Å². The number of rotatable bonds is 5. The number of hydrogen-bond donors (Lipinski definition) is 1. The normalized spacial score (nSPS) is 10.4. The number of aryl methyl sites for hydroxylation is 1. The number of anilines is 2. The first-order valence-electron chi connectivity index (χ1n) is 5.66. The lowest BCUT2D eigenvalue weighted by Gasteiger charge is -2.05. The van der Waals surface area contributed by atoms with Gasteiger partial charge in [0.15, 0.2) is 0 Å². The van der Waals surface area contributed by atoms with Gasteiger partial charge in [-0.25, -0.2) is 0 Å². The fourth-order valence-electron chi connectivity index (χ4n) is 1.68. The number of methoxy groups -OCH3 is 1. The predicted molar refractivity (Wildman–Crippen MR) is 71.9 cm³/mol. The molecule has 2 rings (SSSR count). The summed E-state index contributed by atoms with van der Waals surface area (Å²) >= 11 is 5.77. The first kappa shape index (κ1) is 12.8. The van der Waals surface area contributed by atoms with Crippen molar-refractivity contribution in [2.45, 2.75) is 13.3 Å². The molecule has 5 heteroatoms. The maximum Gasteiger partial charge on any atom is 0.232 e. The molecule has 0 fully saturated rings. The third kappa shape index (κ3) is 2.76. The first-order valence-corrected chi connectivity index (χ1v) is 6.20. The Balaban J connectivity index is 2.17. The minimum atomic E-state index is 0.541. The molecule has 0 saturated carbocycles. The molecule has 1 aromatic heterocycles. The lowest BCUT2D eigenvalue weighted by Crippen LogP contribution is -1.95. The van der Waals surface area contributed by atoms with Gasteiger partial charge in [0.2, 0.25) is 5.88 Å². The molecule has 0 bridgehead atoms. The summed E-state index contributed by atoms with van der Waals surface area (Å²) in [5.41, 5.74) is 2.80. The number of hydrogen-bond acceptors (Lipinski definition) is 4. The number of ether oxygens (including phenoxy) is 1. The van der Waals surface area contributed by atoms with Gasteiger partial charge >= 0.3 is 0 Å². The van der Waals surface area contributed by atoms with Gasteiger partial charge in [0, 0.05) is 17.1 Å². The highest BCUT2D eigenvalue weighted by atomic mass is 35.5. The van der Waals surface area contributed by atoms with E-state index in [9.17, 15) is 0 Å². The van der Waals surface area contributed by atoms with Crippen LogP contribution in [0.15, 0.2) is 28.8 Å². The third-order valence-corrected chi connectivity index (χ3v) is 2.87. The Bertz CT molecular complexity index is 508. The average molecular weight is 267 g/mol. The maximum absolute atomic E-state index is 5.77. The summed E-state index contributed by atoms with van der Waals surface area (Å²) in [6.45, 7) is 1.91. The van der Waals surface area contributed by atoms with Crippen molar-refractivity contribution in [1.82, 2.24) is 5.16 Å². The summed E-state index contributed by atoms with van der Waals surface area (Å²) in [4.78, 5) is 0. The largest absolute Gasteiger partial charge is 0.497 e. The van der Waals surface area contributed by atoms with Crippen molar-refractivity contribution in [2.24, 2.45) is 0 Å².